The third-order valence-electron chi connectivity index (χ3n) is 7.00. The molecule has 5 aromatic rings. The second-order valence-electron chi connectivity index (χ2n) is 9.40. The normalized spacial score (nSPS) is 13.0. The van der Waals surface area contributed by atoms with Gasteiger partial charge in [-0.1, -0.05) is 23.9 Å². The van der Waals surface area contributed by atoms with Crippen molar-refractivity contribution < 1.29 is 14.3 Å². The fraction of sp³-hybridized carbons (Fsp3) is 0.200. The van der Waals surface area contributed by atoms with Gasteiger partial charge in [0.25, 0.3) is 5.91 Å². The van der Waals surface area contributed by atoms with E-state index in [4.69, 9.17) is 9.47 Å². The van der Waals surface area contributed by atoms with E-state index in [1.54, 1.807) is 26.0 Å². The number of fused-ring (bicyclic) bond motifs is 2. The van der Waals surface area contributed by atoms with Crippen molar-refractivity contribution >= 4 is 28.6 Å². The molecule has 1 amide bonds. The van der Waals surface area contributed by atoms with Crippen molar-refractivity contribution in [3.63, 3.8) is 0 Å². The molecule has 38 heavy (non-hydrogen) atoms. The molecule has 192 valence electrons. The summed E-state index contributed by atoms with van der Waals surface area (Å²) in [4.78, 5) is 20.9. The molecule has 1 aliphatic heterocycles. The van der Waals surface area contributed by atoms with Gasteiger partial charge in [0.05, 0.1) is 20.4 Å². The Morgan fingerprint density at radius 1 is 1.00 bits per heavy atom. The van der Waals surface area contributed by atoms with Gasteiger partial charge in [-0.05, 0) is 65.6 Å². The third kappa shape index (κ3) is 4.52. The Hall–Kier alpha value is -4.17. The van der Waals surface area contributed by atoms with Gasteiger partial charge in [0.1, 0.15) is 0 Å². The Kier molecular flexibility index (Phi) is 6.33. The minimum atomic E-state index is 0.0330. The molecule has 2 aromatic heterocycles. The number of hydrogen-bond donors (Lipinski definition) is 1. The second-order valence-corrected chi connectivity index (χ2v) is 10.5. The van der Waals surface area contributed by atoms with E-state index >= 15 is 0 Å². The summed E-state index contributed by atoms with van der Waals surface area (Å²) in [5.41, 5.74) is 6.26. The summed E-state index contributed by atoms with van der Waals surface area (Å²) in [6.45, 7) is 1.21. The molecule has 1 N–H and O–H groups in total. The number of rotatable bonds is 6. The van der Waals surface area contributed by atoms with Crippen LogP contribution in [0.25, 0.3) is 22.0 Å². The Labute approximate surface area is 225 Å². The maximum atomic E-state index is 13.5. The lowest BCUT2D eigenvalue weighted by Crippen LogP contribution is -2.36. The van der Waals surface area contributed by atoms with E-state index < -0.39 is 0 Å². The summed E-state index contributed by atoms with van der Waals surface area (Å²) in [5.74, 6) is 1.44. The van der Waals surface area contributed by atoms with Gasteiger partial charge in [0.15, 0.2) is 11.5 Å². The smallest absolute Gasteiger partial charge is 0.254 e. The first kappa shape index (κ1) is 24.2. The quantitative estimate of drug-likeness (QED) is 0.298. The standard InChI is InChI=1S/C30H28N4O3S/c1-33-17-23(15-32-33)19-7-8-26-25(12-19)29(16-31-26)38-24-6-4-5-21(11-24)30(35)34-10-9-20-13-27(36-2)28(37-3)14-22(20)18-34/h4-8,11-17,31H,9-10,18H2,1-3H3. The van der Waals surface area contributed by atoms with Crippen LogP contribution in [0.15, 0.2) is 83.0 Å². The Balaban J connectivity index is 1.23. The highest BCUT2D eigenvalue weighted by molar-refractivity contribution is 7.99. The number of aryl methyl sites for hydroxylation is 1. The molecule has 0 aliphatic carbocycles. The largest absolute Gasteiger partial charge is 0.493 e. The van der Waals surface area contributed by atoms with Gasteiger partial charge in [0, 0.05) is 64.4 Å². The van der Waals surface area contributed by atoms with E-state index in [2.05, 4.69) is 28.3 Å². The van der Waals surface area contributed by atoms with Crippen molar-refractivity contribution in [3.8, 4) is 22.6 Å². The third-order valence-corrected chi connectivity index (χ3v) is 8.04. The highest BCUT2D eigenvalue weighted by Gasteiger charge is 2.24. The predicted molar refractivity (Wildman–Crippen MR) is 149 cm³/mol. The highest BCUT2D eigenvalue weighted by atomic mass is 32.2. The van der Waals surface area contributed by atoms with Crippen molar-refractivity contribution in [2.75, 3.05) is 20.8 Å². The van der Waals surface area contributed by atoms with E-state index in [1.807, 2.05) is 71.6 Å². The second kappa shape index (κ2) is 9.95. The summed E-state index contributed by atoms with van der Waals surface area (Å²) >= 11 is 1.66. The number of benzene rings is 3. The fourth-order valence-corrected chi connectivity index (χ4v) is 5.97. The van der Waals surface area contributed by atoms with Crippen molar-refractivity contribution in [3.05, 3.63) is 89.9 Å². The maximum absolute atomic E-state index is 13.5. The molecule has 0 saturated carbocycles. The van der Waals surface area contributed by atoms with Crippen LogP contribution in [0.5, 0.6) is 11.5 Å². The summed E-state index contributed by atoms with van der Waals surface area (Å²) in [6.07, 6.45) is 6.70. The molecule has 1 aliphatic rings. The molecular formula is C30H28N4O3S. The van der Waals surface area contributed by atoms with Crippen LogP contribution in [-0.2, 0) is 20.0 Å². The average Bonchev–Trinajstić information content (AvgIpc) is 3.57. The van der Waals surface area contributed by atoms with Crippen LogP contribution >= 0.6 is 11.8 Å². The van der Waals surface area contributed by atoms with E-state index in [-0.39, 0.29) is 5.91 Å². The lowest BCUT2D eigenvalue weighted by molar-refractivity contribution is 0.0734. The van der Waals surface area contributed by atoms with Crippen LogP contribution in [0.4, 0.5) is 0 Å². The Bertz CT molecular complexity index is 1650. The van der Waals surface area contributed by atoms with E-state index in [9.17, 15) is 4.79 Å². The molecule has 0 bridgehead atoms. The number of amides is 1. The Morgan fingerprint density at radius 3 is 2.58 bits per heavy atom. The molecule has 8 heteroatoms. The highest BCUT2D eigenvalue weighted by Crippen LogP contribution is 2.37. The molecule has 0 saturated heterocycles. The van der Waals surface area contributed by atoms with Crippen molar-refractivity contribution in [2.24, 2.45) is 7.05 Å². The van der Waals surface area contributed by atoms with Gasteiger partial charge in [-0.25, -0.2) is 0 Å². The van der Waals surface area contributed by atoms with Gasteiger partial charge >= 0.3 is 0 Å². The van der Waals surface area contributed by atoms with E-state index in [0.717, 1.165) is 49.6 Å². The van der Waals surface area contributed by atoms with Gasteiger partial charge in [-0.3, -0.25) is 9.48 Å². The number of H-pyrrole nitrogens is 1. The number of hydrogen-bond acceptors (Lipinski definition) is 5. The van der Waals surface area contributed by atoms with Crippen LogP contribution in [0, 0.1) is 0 Å². The SMILES string of the molecule is COc1cc2c(cc1OC)CN(C(=O)c1cccc(Sc3c[nH]c4ccc(-c5cnn(C)c5)cc34)c1)CC2. The minimum absolute atomic E-state index is 0.0330. The average molecular weight is 525 g/mol. The monoisotopic (exact) mass is 524 g/mol. The van der Waals surface area contributed by atoms with Gasteiger partial charge in [-0.2, -0.15) is 5.10 Å². The fourth-order valence-electron chi connectivity index (χ4n) is 4.99. The van der Waals surface area contributed by atoms with Crippen molar-refractivity contribution in [2.45, 2.75) is 22.8 Å². The molecule has 7 nitrogen and oxygen atoms in total. The topological polar surface area (TPSA) is 72.4 Å². The maximum Gasteiger partial charge on any atom is 0.254 e. The minimum Gasteiger partial charge on any atom is -0.493 e. The summed E-state index contributed by atoms with van der Waals surface area (Å²) < 4.78 is 12.7. The number of methoxy groups -OCH3 is 2. The van der Waals surface area contributed by atoms with Crippen molar-refractivity contribution in [1.82, 2.24) is 19.7 Å². The molecule has 0 fully saturated rings. The number of ether oxygens (including phenoxy) is 2. The molecule has 0 radical (unpaired) electrons. The molecule has 6 rings (SSSR count). The number of aromatic amines is 1. The lowest BCUT2D eigenvalue weighted by atomic mass is 9.98. The molecule has 0 atom stereocenters. The number of aromatic nitrogens is 3. The van der Waals surface area contributed by atoms with Gasteiger partial charge in [0.2, 0.25) is 0 Å². The number of nitrogens with zero attached hydrogens (tertiary/aromatic N) is 3. The number of carbonyl (C=O) groups excluding carboxylic acids is 1. The zero-order chi connectivity index (χ0) is 26.2. The zero-order valence-electron chi connectivity index (χ0n) is 21.5. The predicted octanol–water partition coefficient (Wildman–Crippen LogP) is 5.94. The zero-order valence-corrected chi connectivity index (χ0v) is 22.3. The van der Waals surface area contributed by atoms with Crippen LogP contribution in [-0.4, -0.2) is 46.3 Å². The van der Waals surface area contributed by atoms with Crippen LogP contribution < -0.4 is 9.47 Å². The van der Waals surface area contributed by atoms with E-state index in [0.29, 0.717) is 24.4 Å². The van der Waals surface area contributed by atoms with E-state index in [1.165, 1.54) is 5.56 Å². The first-order valence-corrected chi connectivity index (χ1v) is 13.2. The van der Waals surface area contributed by atoms with Gasteiger partial charge < -0.3 is 19.4 Å². The van der Waals surface area contributed by atoms with Crippen molar-refractivity contribution in [1.29, 1.82) is 0 Å². The first-order valence-electron chi connectivity index (χ1n) is 12.4. The molecule has 3 heterocycles. The van der Waals surface area contributed by atoms with Gasteiger partial charge in [-0.15, -0.1) is 0 Å². The van der Waals surface area contributed by atoms with Crippen LogP contribution in [0.1, 0.15) is 21.5 Å². The molecular weight excluding hydrogens is 496 g/mol. The summed E-state index contributed by atoms with van der Waals surface area (Å²) in [7, 11) is 5.20. The molecule has 0 unspecified atom stereocenters. The first-order chi connectivity index (χ1) is 18.5. The lowest BCUT2D eigenvalue weighted by Gasteiger charge is -2.29. The number of carbonyl (C=O) groups is 1. The molecule has 3 aromatic carbocycles. The summed E-state index contributed by atoms with van der Waals surface area (Å²) in [5, 5.41) is 5.44. The number of nitrogens with one attached hydrogen (secondary N) is 1. The summed E-state index contributed by atoms with van der Waals surface area (Å²) in [6, 6.07) is 18.3. The van der Waals surface area contributed by atoms with Crippen LogP contribution in [0.3, 0.4) is 0 Å². The Morgan fingerprint density at radius 2 is 1.82 bits per heavy atom. The van der Waals surface area contributed by atoms with Crippen LogP contribution in [0.2, 0.25) is 0 Å². The molecule has 0 spiro atoms.